The lowest BCUT2D eigenvalue weighted by atomic mass is 10.0. The van der Waals surface area contributed by atoms with Gasteiger partial charge in [-0.2, -0.15) is 0 Å². The van der Waals surface area contributed by atoms with Gasteiger partial charge in [0.15, 0.2) is 5.43 Å². The van der Waals surface area contributed by atoms with Crippen LogP contribution in [0.2, 0.25) is 0 Å². The molecule has 0 atom stereocenters. The van der Waals surface area contributed by atoms with E-state index in [0.29, 0.717) is 59.4 Å². The van der Waals surface area contributed by atoms with Gasteiger partial charge in [-0.25, -0.2) is 0 Å². The number of nitrogens with one attached hydrogen (secondary N) is 1. The molecular weight excluding hydrogens is 426 g/mol. The summed E-state index contributed by atoms with van der Waals surface area (Å²) in [5.41, 5.74) is 1.47. The molecule has 2 aromatic carbocycles. The first kappa shape index (κ1) is 24.7. The third kappa shape index (κ3) is 5.36. The molecule has 0 spiro atoms. The zero-order valence-electron chi connectivity index (χ0n) is 19.3. The van der Waals surface area contributed by atoms with Crippen LogP contribution in [0.15, 0.2) is 41.2 Å². The molecule has 8 heteroatoms. The Kier molecular flexibility index (Phi) is 8.46. The molecule has 1 N–H and O–H groups in total. The van der Waals surface area contributed by atoms with E-state index in [1.807, 2.05) is 0 Å². The first-order valence-electron chi connectivity index (χ1n) is 11.1. The fourth-order valence-corrected chi connectivity index (χ4v) is 3.56. The van der Waals surface area contributed by atoms with Crippen molar-refractivity contribution in [2.24, 2.45) is 0 Å². The van der Waals surface area contributed by atoms with Gasteiger partial charge in [-0.05, 0) is 64.1 Å². The monoisotopic (exact) mass is 455 g/mol. The van der Waals surface area contributed by atoms with E-state index in [4.69, 9.17) is 18.9 Å². The molecule has 8 nitrogen and oxygen atoms in total. The van der Waals surface area contributed by atoms with E-state index in [0.717, 1.165) is 0 Å². The number of pyridine rings is 1. The van der Waals surface area contributed by atoms with E-state index in [-0.39, 0.29) is 17.0 Å². The van der Waals surface area contributed by atoms with Gasteiger partial charge in [-0.1, -0.05) is 0 Å². The van der Waals surface area contributed by atoms with Crippen LogP contribution in [0.3, 0.4) is 0 Å². The minimum atomic E-state index is -1.03. The van der Waals surface area contributed by atoms with Crippen LogP contribution in [0, 0.1) is 0 Å². The van der Waals surface area contributed by atoms with Gasteiger partial charge in [0, 0.05) is 59.4 Å². The molecule has 0 aliphatic heterocycles. The first-order chi connectivity index (χ1) is 15.9. The molecule has 1 aromatic heterocycles. The Morgan fingerprint density at radius 2 is 1.06 bits per heavy atom. The van der Waals surface area contributed by atoms with Gasteiger partial charge in [0.2, 0.25) is 24.1 Å². The van der Waals surface area contributed by atoms with Gasteiger partial charge < -0.3 is 23.9 Å². The highest BCUT2D eigenvalue weighted by molar-refractivity contribution is 6.05. The van der Waals surface area contributed by atoms with Crippen molar-refractivity contribution >= 4 is 33.4 Å². The van der Waals surface area contributed by atoms with E-state index >= 15 is 0 Å². The highest BCUT2D eigenvalue weighted by Crippen LogP contribution is 2.20. The Morgan fingerprint density at radius 3 is 1.39 bits per heavy atom. The van der Waals surface area contributed by atoms with Crippen LogP contribution in [0.1, 0.15) is 48.4 Å². The van der Waals surface area contributed by atoms with Crippen LogP contribution < -0.4 is 5.43 Å². The van der Waals surface area contributed by atoms with Crippen LogP contribution in [0.25, 0.3) is 21.8 Å². The number of H-pyrrole nitrogens is 1. The number of carbonyl (C=O) groups is 2. The summed E-state index contributed by atoms with van der Waals surface area (Å²) in [6, 6.07) is 9.67. The van der Waals surface area contributed by atoms with Crippen molar-refractivity contribution in [2.45, 2.75) is 40.3 Å². The number of carbonyl (C=O) groups excluding carboxylic acids is 2. The minimum absolute atomic E-state index is 0.295. The van der Waals surface area contributed by atoms with Crippen LogP contribution >= 0.6 is 0 Å². The Morgan fingerprint density at radius 1 is 0.697 bits per heavy atom. The number of aromatic amines is 1. The van der Waals surface area contributed by atoms with Crippen LogP contribution in [0.4, 0.5) is 0 Å². The average Bonchev–Trinajstić information content (AvgIpc) is 2.82. The Balaban J connectivity index is 2.06. The topological polar surface area (TPSA) is 104 Å². The van der Waals surface area contributed by atoms with Crippen molar-refractivity contribution < 1.29 is 28.5 Å². The molecule has 0 aliphatic rings. The normalized spacial score (nSPS) is 11.7. The van der Waals surface area contributed by atoms with Gasteiger partial charge in [0.05, 0.1) is 0 Å². The lowest BCUT2D eigenvalue weighted by molar-refractivity contribution is -0.107. The summed E-state index contributed by atoms with van der Waals surface area (Å²) in [7, 11) is 0. The number of hydrogen-bond donors (Lipinski definition) is 1. The number of aromatic nitrogens is 1. The summed E-state index contributed by atoms with van der Waals surface area (Å²) in [6.07, 6.45) is -2.06. The van der Waals surface area contributed by atoms with Gasteiger partial charge in [-0.15, -0.1) is 0 Å². The highest BCUT2D eigenvalue weighted by atomic mass is 16.7. The van der Waals surface area contributed by atoms with Crippen molar-refractivity contribution in [1.82, 2.24) is 4.98 Å². The standard InChI is InChI=1S/C25H29NO7/c1-5-30-24(31-6-2)21(27)15-9-11-19-17(13-15)23(29)18-14-16(10-12-20(18)26-19)22(28)25(32-7-3)33-8-4/h9-14,24-25H,5-8H2,1-4H3,(H,26,29). The van der Waals surface area contributed by atoms with E-state index in [1.165, 1.54) is 12.1 Å². The molecule has 176 valence electrons. The summed E-state index contributed by atoms with van der Waals surface area (Å²) in [5.74, 6) is -0.722. The van der Waals surface area contributed by atoms with Gasteiger partial charge in [0.1, 0.15) is 0 Å². The van der Waals surface area contributed by atoms with E-state index in [9.17, 15) is 14.4 Å². The van der Waals surface area contributed by atoms with Crippen molar-refractivity contribution in [3.63, 3.8) is 0 Å². The molecule has 0 aliphatic carbocycles. The highest BCUT2D eigenvalue weighted by Gasteiger charge is 2.23. The van der Waals surface area contributed by atoms with Crippen molar-refractivity contribution in [3.05, 3.63) is 57.7 Å². The van der Waals surface area contributed by atoms with E-state index in [1.54, 1.807) is 52.0 Å². The summed E-state index contributed by atoms with van der Waals surface area (Å²) in [4.78, 5) is 42.2. The quantitative estimate of drug-likeness (QED) is 0.251. The van der Waals surface area contributed by atoms with Crippen LogP contribution in [-0.2, 0) is 18.9 Å². The SMILES string of the molecule is CCOC(OCC)C(=O)c1ccc2[nH]c3ccc(C(=O)C(OCC)OCC)cc3c(=O)c2c1. The van der Waals surface area contributed by atoms with Crippen LogP contribution in [0.5, 0.6) is 0 Å². The molecule has 0 amide bonds. The molecular formula is C25H29NO7. The maximum absolute atomic E-state index is 13.3. The predicted molar refractivity (Wildman–Crippen MR) is 125 cm³/mol. The lowest BCUT2D eigenvalue weighted by Gasteiger charge is -2.16. The zero-order chi connectivity index (χ0) is 24.0. The minimum Gasteiger partial charge on any atom is -0.354 e. The molecule has 0 bridgehead atoms. The lowest BCUT2D eigenvalue weighted by Crippen LogP contribution is -2.28. The number of rotatable bonds is 12. The molecule has 33 heavy (non-hydrogen) atoms. The second-order valence-electron chi connectivity index (χ2n) is 7.19. The number of Topliss-reactive ketones (excluding diaryl/α,β-unsaturated/α-hetero) is 2. The van der Waals surface area contributed by atoms with Gasteiger partial charge in [-0.3, -0.25) is 14.4 Å². The second kappa shape index (κ2) is 11.3. The molecule has 0 radical (unpaired) electrons. The third-order valence-electron chi connectivity index (χ3n) is 5.07. The number of ketones is 2. The predicted octanol–water partition coefficient (Wildman–Crippen LogP) is 3.84. The molecule has 1 heterocycles. The number of hydrogen-bond acceptors (Lipinski definition) is 7. The van der Waals surface area contributed by atoms with Gasteiger partial charge >= 0.3 is 0 Å². The number of fused-ring (bicyclic) bond motifs is 2. The second-order valence-corrected chi connectivity index (χ2v) is 7.19. The molecule has 3 aromatic rings. The zero-order valence-corrected chi connectivity index (χ0v) is 19.3. The molecule has 0 unspecified atom stereocenters. The van der Waals surface area contributed by atoms with Crippen molar-refractivity contribution in [1.29, 1.82) is 0 Å². The first-order valence-corrected chi connectivity index (χ1v) is 11.1. The largest absolute Gasteiger partial charge is 0.354 e. The summed E-state index contributed by atoms with van der Waals surface area (Å²) in [6.45, 7) is 8.36. The van der Waals surface area contributed by atoms with Crippen molar-refractivity contribution in [3.8, 4) is 0 Å². The molecule has 0 fully saturated rings. The van der Waals surface area contributed by atoms with Crippen LogP contribution in [-0.4, -0.2) is 55.6 Å². The molecule has 0 saturated heterocycles. The third-order valence-corrected chi connectivity index (χ3v) is 5.07. The Bertz CT molecular complexity index is 1100. The smallest absolute Gasteiger partial charge is 0.222 e. The van der Waals surface area contributed by atoms with E-state index < -0.39 is 12.6 Å². The molecule has 0 saturated carbocycles. The average molecular weight is 456 g/mol. The summed E-state index contributed by atoms with van der Waals surface area (Å²) < 4.78 is 21.6. The Labute approximate surface area is 191 Å². The molecule has 3 rings (SSSR count). The fraction of sp³-hybridized carbons (Fsp3) is 0.400. The summed E-state index contributed by atoms with van der Waals surface area (Å²) >= 11 is 0. The van der Waals surface area contributed by atoms with E-state index in [2.05, 4.69) is 4.98 Å². The van der Waals surface area contributed by atoms with Crippen molar-refractivity contribution in [2.75, 3.05) is 26.4 Å². The van der Waals surface area contributed by atoms with Gasteiger partial charge in [0.25, 0.3) is 0 Å². The summed E-state index contributed by atoms with van der Waals surface area (Å²) in [5, 5.41) is 0.659. The maximum atomic E-state index is 13.3. The number of ether oxygens (including phenoxy) is 4. The Hall–Kier alpha value is -2.91. The number of benzene rings is 2. The fourth-order valence-electron chi connectivity index (χ4n) is 3.56. The maximum Gasteiger partial charge on any atom is 0.222 e.